The summed E-state index contributed by atoms with van der Waals surface area (Å²) in [5, 5.41) is 10.5. The monoisotopic (exact) mass is 332 g/mol. The molecule has 120 valence electrons. The third-order valence-corrected chi connectivity index (χ3v) is 4.41. The van der Waals surface area contributed by atoms with Crippen molar-refractivity contribution in [1.29, 1.82) is 0 Å². The van der Waals surface area contributed by atoms with Crippen molar-refractivity contribution in [1.82, 2.24) is 9.78 Å². The van der Waals surface area contributed by atoms with Gasteiger partial charge in [0, 0.05) is 43.2 Å². The Kier molecular flexibility index (Phi) is 3.85. The largest absolute Gasteiger partial charge is 0.326 e. The standard InChI is InChI=1S/C16H17ClN4O2/c1-8-15(16(17)21(3)20-8)12-7-14(23)19-13-6-10(18-9(2)22)4-5-11(12)13/h4-6,12H,7H2,1-3H3,(H,18,22)(H,19,23)/t12-/m1/s1. The fourth-order valence-corrected chi connectivity index (χ4v) is 3.35. The van der Waals surface area contributed by atoms with Crippen LogP contribution in [-0.2, 0) is 16.6 Å². The molecule has 0 aliphatic carbocycles. The number of carbonyl (C=O) groups excluding carboxylic acids is 2. The number of benzene rings is 1. The summed E-state index contributed by atoms with van der Waals surface area (Å²) in [6, 6.07) is 5.50. The molecule has 3 rings (SSSR count). The average molecular weight is 333 g/mol. The highest BCUT2D eigenvalue weighted by Gasteiger charge is 2.31. The number of nitrogens with zero attached hydrogens (tertiary/aromatic N) is 2. The van der Waals surface area contributed by atoms with Gasteiger partial charge >= 0.3 is 0 Å². The van der Waals surface area contributed by atoms with Crippen molar-refractivity contribution in [3.05, 3.63) is 40.2 Å². The first-order chi connectivity index (χ1) is 10.9. The molecular formula is C16H17ClN4O2. The van der Waals surface area contributed by atoms with Crippen molar-refractivity contribution < 1.29 is 9.59 Å². The summed E-state index contributed by atoms with van der Waals surface area (Å²) in [4.78, 5) is 23.3. The zero-order valence-electron chi connectivity index (χ0n) is 13.1. The molecule has 2 N–H and O–H groups in total. The van der Waals surface area contributed by atoms with Gasteiger partial charge in [0.25, 0.3) is 0 Å². The number of carbonyl (C=O) groups is 2. The fraction of sp³-hybridized carbons (Fsp3) is 0.312. The summed E-state index contributed by atoms with van der Waals surface area (Å²) in [5.41, 5.74) is 3.99. The Morgan fingerprint density at radius 1 is 1.48 bits per heavy atom. The number of amides is 2. The molecule has 0 spiro atoms. The normalized spacial score (nSPS) is 16.7. The van der Waals surface area contributed by atoms with Gasteiger partial charge in [0.05, 0.1) is 5.69 Å². The van der Waals surface area contributed by atoms with Crippen molar-refractivity contribution in [3.8, 4) is 0 Å². The number of anilines is 2. The summed E-state index contributed by atoms with van der Waals surface area (Å²) in [6.07, 6.45) is 0.318. The Hall–Kier alpha value is -2.34. The van der Waals surface area contributed by atoms with Crippen LogP contribution in [0.2, 0.25) is 5.15 Å². The lowest BCUT2D eigenvalue weighted by Crippen LogP contribution is -2.24. The second kappa shape index (κ2) is 5.70. The maximum Gasteiger partial charge on any atom is 0.225 e. The van der Waals surface area contributed by atoms with Crippen LogP contribution in [0.25, 0.3) is 0 Å². The van der Waals surface area contributed by atoms with E-state index in [4.69, 9.17) is 11.6 Å². The van der Waals surface area contributed by atoms with E-state index in [1.165, 1.54) is 6.92 Å². The van der Waals surface area contributed by atoms with Gasteiger partial charge in [0.1, 0.15) is 5.15 Å². The van der Waals surface area contributed by atoms with Crippen LogP contribution in [0.15, 0.2) is 18.2 Å². The molecule has 1 aliphatic heterocycles. The SMILES string of the molecule is CC(=O)Nc1ccc2c(c1)NC(=O)C[C@H]2c1c(C)nn(C)c1Cl. The second-order valence-electron chi connectivity index (χ2n) is 5.70. The van der Waals surface area contributed by atoms with Gasteiger partial charge in [-0.25, -0.2) is 0 Å². The third-order valence-electron chi connectivity index (χ3n) is 3.96. The highest BCUT2D eigenvalue weighted by atomic mass is 35.5. The van der Waals surface area contributed by atoms with Crippen LogP contribution in [0.4, 0.5) is 11.4 Å². The predicted molar refractivity (Wildman–Crippen MR) is 88.8 cm³/mol. The third kappa shape index (κ3) is 2.82. The molecule has 1 aromatic carbocycles. The number of fused-ring (bicyclic) bond motifs is 1. The van der Waals surface area contributed by atoms with E-state index in [-0.39, 0.29) is 17.7 Å². The Morgan fingerprint density at radius 2 is 2.22 bits per heavy atom. The fourth-order valence-electron chi connectivity index (χ4n) is 3.05. The van der Waals surface area contributed by atoms with Gasteiger partial charge in [-0.05, 0) is 24.6 Å². The number of hydrogen-bond donors (Lipinski definition) is 2. The summed E-state index contributed by atoms with van der Waals surface area (Å²) in [5.74, 6) is -0.386. The number of aryl methyl sites for hydroxylation is 2. The first-order valence-electron chi connectivity index (χ1n) is 7.27. The quantitative estimate of drug-likeness (QED) is 0.887. The highest BCUT2D eigenvalue weighted by Crippen LogP contribution is 2.41. The van der Waals surface area contributed by atoms with Crippen molar-refractivity contribution in [2.24, 2.45) is 7.05 Å². The molecule has 1 aromatic heterocycles. The Morgan fingerprint density at radius 3 is 2.83 bits per heavy atom. The lowest BCUT2D eigenvalue weighted by atomic mass is 9.85. The Labute approximate surface area is 138 Å². The summed E-state index contributed by atoms with van der Waals surface area (Å²) in [6.45, 7) is 3.33. The molecule has 2 heterocycles. The van der Waals surface area contributed by atoms with Crippen LogP contribution in [0.1, 0.15) is 36.1 Å². The molecule has 6 nitrogen and oxygen atoms in total. The van der Waals surface area contributed by atoms with Crippen LogP contribution >= 0.6 is 11.6 Å². The maximum atomic E-state index is 12.1. The van der Waals surface area contributed by atoms with Gasteiger partial charge in [-0.1, -0.05) is 17.7 Å². The van der Waals surface area contributed by atoms with Crippen LogP contribution in [0, 0.1) is 6.92 Å². The number of rotatable bonds is 2. The van der Waals surface area contributed by atoms with Gasteiger partial charge in [-0.2, -0.15) is 5.10 Å². The molecule has 0 fully saturated rings. The van der Waals surface area contributed by atoms with E-state index in [0.717, 1.165) is 16.8 Å². The molecule has 1 aliphatic rings. The van der Waals surface area contributed by atoms with E-state index < -0.39 is 0 Å². The van der Waals surface area contributed by atoms with Crippen molar-refractivity contribution in [3.63, 3.8) is 0 Å². The van der Waals surface area contributed by atoms with Gasteiger partial charge < -0.3 is 10.6 Å². The summed E-state index contributed by atoms with van der Waals surface area (Å²) in [7, 11) is 1.78. The second-order valence-corrected chi connectivity index (χ2v) is 6.06. The topological polar surface area (TPSA) is 76.0 Å². The number of halogens is 1. The number of hydrogen-bond acceptors (Lipinski definition) is 3. The van der Waals surface area contributed by atoms with Crippen LogP contribution in [0.5, 0.6) is 0 Å². The predicted octanol–water partition coefficient (Wildman–Crippen LogP) is 2.81. The highest BCUT2D eigenvalue weighted by molar-refractivity contribution is 6.30. The Balaban J connectivity index is 2.09. The minimum Gasteiger partial charge on any atom is -0.326 e. The van der Waals surface area contributed by atoms with Crippen molar-refractivity contribution >= 4 is 34.8 Å². The number of nitrogens with one attached hydrogen (secondary N) is 2. The smallest absolute Gasteiger partial charge is 0.225 e. The van der Waals surface area contributed by atoms with Crippen LogP contribution in [-0.4, -0.2) is 21.6 Å². The van der Waals surface area contributed by atoms with E-state index in [2.05, 4.69) is 15.7 Å². The molecule has 0 bridgehead atoms. The minimum atomic E-state index is -0.158. The van der Waals surface area contributed by atoms with Gasteiger partial charge in [-0.15, -0.1) is 0 Å². The molecular weight excluding hydrogens is 316 g/mol. The molecule has 0 unspecified atom stereocenters. The summed E-state index contributed by atoms with van der Waals surface area (Å²) < 4.78 is 1.62. The van der Waals surface area contributed by atoms with E-state index in [0.29, 0.717) is 22.9 Å². The lowest BCUT2D eigenvalue weighted by Gasteiger charge is -2.26. The van der Waals surface area contributed by atoms with Gasteiger partial charge in [-0.3, -0.25) is 14.3 Å². The molecule has 0 saturated carbocycles. The minimum absolute atomic E-state index is 0.0817. The van der Waals surface area contributed by atoms with E-state index >= 15 is 0 Å². The van der Waals surface area contributed by atoms with Crippen molar-refractivity contribution in [2.75, 3.05) is 10.6 Å². The number of aromatic nitrogens is 2. The summed E-state index contributed by atoms with van der Waals surface area (Å²) >= 11 is 6.37. The Bertz CT molecular complexity index is 813. The van der Waals surface area contributed by atoms with Crippen LogP contribution < -0.4 is 10.6 Å². The zero-order chi connectivity index (χ0) is 16.7. The molecule has 0 radical (unpaired) electrons. The van der Waals surface area contributed by atoms with E-state index in [1.807, 2.05) is 19.1 Å². The van der Waals surface area contributed by atoms with Crippen molar-refractivity contribution in [2.45, 2.75) is 26.2 Å². The maximum absolute atomic E-state index is 12.1. The first kappa shape index (κ1) is 15.6. The van der Waals surface area contributed by atoms with Gasteiger partial charge in [0.2, 0.25) is 11.8 Å². The molecule has 1 atom stereocenters. The van der Waals surface area contributed by atoms with Crippen LogP contribution in [0.3, 0.4) is 0 Å². The van der Waals surface area contributed by atoms with Gasteiger partial charge in [0.15, 0.2) is 0 Å². The molecule has 2 amide bonds. The molecule has 7 heteroatoms. The lowest BCUT2D eigenvalue weighted by molar-refractivity contribution is -0.116. The van der Waals surface area contributed by atoms with E-state index in [9.17, 15) is 9.59 Å². The zero-order valence-corrected chi connectivity index (χ0v) is 13.9. The molecule has 23 heavy (non-hydrogen) atoms. The molecule has 0 saturated heterocycles. The van der Waals surface area contributed by atoms with E-state index in [1.54, 1.807) is 17.8 Å². The first-order valence-corrected chi connectivity index (χ1v) is 7.65. The molecule has 2 aromatic rings. The average Bonchev–Trinajstić information content (AvgIpc) is 2.70.